The molecule has 0 aliphatic heterocycles. The highest BCUT2D eigenvalue weighted by Gasteiger charge is 2.11. The fourth-order valence-electron chi connectivity index (χ4n) is 3.04. The average Bonchev–Trinajstić information content (AvgIpc) is 2.67. The summed E-state index contributed by atoms with van der Waals surface area (Å²) in [5, 5.41) is 2.34. The van der Waals surface area contributed by atoms with Crippen molar-refractivity contribution in [1.82, 2.24) is 0 Å². The largest absolute Gasteiger partial charge is 0.206 e. The van der Waals surface area contributed by atoms with Crippen molar-refractivity contribution in [1.29, 1.82) is 0 Å². The van der Waals surface area contributed by atoms with Gasteiger partial charge in [-0.05, 0) is 40.6 Å². The van der Waals surface area contributed by atoms with Crippen molar-refractivity contribution in [2.24, 2.45) is 0 Å². The van der Waals surface area contributed by atoms with Crippen LogP contribution in [0.3, 0.4) is 0 Å². The first-order valence-electron chi connectivity index (χ1n) is 8.27. The minimum atomic E-state index is -0.304. The topological polar surface area (TPSA) is 0 Å². The average molecular weight is 401 g/mol. The monoisotopic (exact) mass is 400 g/mol. The van der Waals surface area contributed by atoms with Crippen molar-refractivity contribution in [3.05, 3.63) is 106 Å². The van der Waals surface area contributed by atoms with Gasteiger partial charge in [-0.15, -0.1) is 0 Å². The molecule has 2 heteroatoms. The van der Waals surface area contributed by atoms with E-state index in [9.17, 15) is 4.39 Å². The lowest BCUT2D eigenvalue weighted by atomic mass is 9.94. The van der Waals surface area contributed by atoms with Gasteiger partial charge < -0.3 is 0 Å². The Morgan fingerprint density at radius 2 is 1.31 bits per heavy atom. The van der Waals surface area contributed by atoms with E-state index >= 15 is 0 Å². The van der Waals surface area contributed by atoms with Crippen LogP contribution in [0, 0.1) is 17.7 Å². The molecule has 0 spiro atoms. The summed E-state index contributed by atoms with van der Waals surface area (Å²) in [6, 6.07) is 27.0. The molecule has 0 amide bonds. The van der Waals surface area contributed by atoms with Gasteiger partial charge in [0, 0.05) is 15.6 Å². The SMILES string of the molecule is Fc1ccccc1C#Cc1cccc(Br)c1-c1cccc2ccccc12. The van der Waals surface area contributed by atoms with Gasteiger partial charge in [-0.1, -0.05) is 88.4 Å². The summed E-state index contributed by atoms with van der Waals surface area (Å²) in [6.07, 6.45) is 0. The van der Waals surface area contributed by atoms with Gasteiger partial charge in [0.25, 0.3) is 0 Å². The third-order valence-corrected chi connectivity index (χ3v) is 4.94. The van der Waals surface area contributed by atoms with Gasteiger partial charge in [0.1, 0.15) is 5.82 Å². The van der Waals surface area contributed by atoms with Gasteiger partial charge in [-0.2, -0.15) is 0 Å². The second-order valence-electron chi connectivity index (χ2n) is 5.92. The van der Waals surface area contributed by atoms with Gasteiger partial charge in [-0.3, -0.25) is 0 Å². The zero-order chi connectivity index (χ0) is 17.9. The molecule has 0 aliphatic carbocycles. The first kappa shape index (κ1) is 16.6. The molecule has 0 N–H and O–H groups in total. The second kappa shape index (κ2) is 7.15. The van der Waals surface area contributed by atoms with Crippen molar-refractivity contribution in [2.45, 2.75) is 0 Å². The molecule has 0 saturated carbocycles. The molecule has 0 heterocycles. The number of fused-ring (bicyclic) bond motifs is 1. The van der Waals surface area contributed by atoms with Gasteiger partial charge in [0.05, 0.1) is 5.56 Å². The Labute approximate surface area is 160 Å². The minimum Gasteiger partial charge on any atom is -0.206 e. The lowest BCUT2D eigenvalue weighted by molar-refractivity contribution is 0.624. The first-order chi connectivity index (χ1) is 12.7. The molecular formula is C24H14BrF. The summed E-state index contributed by atoms with van der Waals surface area (Å²) in [4.78, 5) is 0. The zero-order valence-corrected chi connectivity index (χ0v) is 15.4. The maximum atomic E-state index is 13.9. The number of rotatable bonds is 1. The van der Waals surface area contributed by atoms with Gasteiger partial charge in [-0.25, -0.2) is 4.39 Å². The van der Waals surface area contributed by atoms with Crippen molar-refractivity contribution < 1.29 is 4.39 Å². The molecule has 0 aliphatic rings. The maximum Gasteiger partial charge on any atom is 0.138 e. The molecule has 0 nitrogen and oxygen atoms in total. The van der Waals surface area contributed by atoms with Gasteiger partial charge >= 0.3 is 0 Å². The third-order valence-electron chi connectivity index (χ3n) is 4.28. The molecule has 4 aromatic carbocycles. The van der Waals surface area contributed by atoms with Crippen LogP contribution in [-0.4, -0.2) is 0 Å². The molecule has 0 radical (unpaired) electrons. The molecule has 4 rings (SSSR count). The van der Waals surface area contributed by atoms with Gasteiger partial charge in [0.2, 0.25) is 0 Å². The standard InChI is InChI=1S/C24H14BrF/c25-22-13-6-10-19(16-15-18-8-2-4-14-23(18)26)24(22)21-12-5-9-17-7-1-3-11-20(17)21/h1-14H. The Bertz CT molecular complexity index is 1160. The van der Waals surface area contributed by atoms with Crippen molar-refractivity contribution in [3.8, 4) is 23.0 Å². The van der Waals surface area contributed by atoms with Crippen LogP contribution in [0.25, 0.3) is 21.9 Å². The molecule has 0 atom stereocenters. The molecule has 26 heavy (non-hydrogen) atoms. The highest BCUT2D eigenvalue weighted by atomic mass is 79.9. The van der Waals surface area contributed by atoms with Crippen LogP contribution in [0.2, 0.25) is 0 Å². The zero-order valence-electron chi connectivity index (χ0n) is 13.8. The van der Waals surface area contributed by atoms with Crippen molar-refractivity contribution in [3.63, 3.8) is 0 Å². The number of halogens is 2. The van der Waals surface area contributed by atoms with Crippen LogP contribution in [-0.2, 0) is 0 Å². The fraction of sp³-hybridized carbons (Fsp3) is 0. The number of hydrogen-bond acceptors (Lipinski definition) is 0. The quantitative estimate of drug-likeness (QED) is 0.308. The Kier molecular flexibility index (Phi) is 4.56. The van der Waals surface area contributed by atoms with Crippen molar-refractivity contribution in [2.75, 3.05) is 0 Å². The predicted molar refractivity (Wildman–Crippen MR) is 109 cm³/mol. The van der Waals surface area contributed by atoms with E-state index in [0.29, 0.717) is 5.56 Å². The highest BCUT2D eigenvalue weighted by molar-refractivity contribution is 9.10. The van der Waals surface area contributed by atoms with E-state index < -0.39 is 0 Å². The van der Waals surface area contributed by atoms with E-state index in [0.717, 1.165) is 26.5 Å². The van der Waals surface area contributed by atoms with E-state index in [2.05, 4.69) is 52.0 Å². The minimum absolute atomic E-state index is 0.304. The Balaban J connectivity index is 1.92. The lowest BCUT2D eigenvalue weighted by Gasteiger charge is -2.11. The van der Waals surface area contributed by atoms with E-state index in [1.165, 1.54) is 11.5 Å². The summed E-state index contributed by atoms with van der Waals surface area (Å²) in [5.74, 6) is 5.82. The predicted octanol–water partition coefficient (Wildman–Crippen LogP) is 6.81. The van der Waals surface area contributed by atoms with E-state index in [1.54, 1.807) is 18.2 Å². The molecule has 4 aromatic rings. The first-order valence-corrected chi connectivity index (χ1v) is 9.06. The normalized spacial score (nSPS) is 10.4. The summed E-state index contributed by atoms with van der Waals surface area (Å²) >= 11 is 3.67. The van der Waals surface area contributed by atoms with E-state index in [1.807, 2.05) is 36.4 Å². The molecule has 0 unspecified atom stereocenters. The van der Waals surface area contributed by atoms with Gasteiger partial charge in [0.15, 0.2) is 0 Å². The highest BCUT2D eigenvalue weighted by Crippen LogP contribution is 2.36. The second-order valence-corrected chi connectivity index (χ2v) is 6.77. The lowest BCUT2D eigenvalue weighted by Crippen LogP contribution is -1.89. The third kappa shape index (κ3) is 3.14. The molecule has 0 fully saturated rings. The smallest absolute Gasteiger partial charge is 0.138 e. The number of benzene rings is 4. The van der Waals surface area contributed by atoms with Crippen LogP contribution in [0.4, 0.5) is 4.39 Å². The Hall–Kier alpha value is -2.89. The van der Waals surface area contributed by atoms with Crippen molar-refractivity contribution >= 4 is 26.7 Å². The summed E-state index contributed by atoms with van der Waals surface area (Å²) < 4.78 is 14.9. The maximum absolute atomic E-state index is 13.9. The number of hydrogen-bond donors (Lipinski definition) is 0. The summed E-state index contributed by atoms with van der Waals surface area (Å²) in [7, 11) is 0. The molecule has 0 bridgehead atoms. The van der Waals surface area contributed by atoms with Crippen LogP contribution >= 0.6 is 15.9 Å². The van der Waals surface area contributed by atoms with Crippen LogP contribution in [0.15, 0.2) is 89.4 Å². The Morgan fingerprint density at radius 3 is 2.19 bits per heavy atom. The molecular weight excluding hydrogens is 387 g/mol. The fourth-order valence-corrected chi connectivity index (χ4v) is 3.62. The molecule has 0 aromatic heterocycles. The molecule has 124 valence electrons. The van der Waals surface area contributed by atoms with E-state index in [4.69, 9.17) is 0 Å². The summed E-state index contributed by atoms with van der Waals surface area (Å²) in [6.45, 7) is 0. The van der Waals surface area contributed by atoms with Crippen LogP contribution in [0.5, 0.6) is 0 Å². The van der Waals surface area contributed by atoms with E-state index in [-0.39, 0.29) is 5.82 Å². The summed E-state index contributed by atoms with van der Waals surface area (Å²) in [5.41, 5.74) is 3.39. The molecule has 0 saturated heterocycles. The van der Waals surface area contributed by atoms with Crippen LogP contribution in [0.1, 0.15) is 11.1 Å². The Morgan fingerprint density at radius 1 is 0.654 bits per heavy atom. The van der Waals surface area contributed by atoms with Crippen LogP contribution < -0.4 is 0 Å².